The summed E-state index contributed by atoms with van der Waals surface area (Å²) < 4.78 is 0. The molecular formula is C18H30. The summed E-state index contributed by atoms with van der Waals surface area (Å²) in [6.07, 6.45) is 7.95. The maximum Gasteiger partial charge on any atom is 0 e. The summed E-state index contributed by atoms with van der Waals surface area (Å²) in [4.78, 5) is 0. The van der Waals surface area contributed by atoms with E-state index < -0.39 is 0 Å². The predicted molar refractivity (Wildman–Crippen MR) is 84.3 cm³/mol. The lowest BCUT2D eigenvalue weighted by Gasteiger charge is -2.23. The number of hydrogen-bond acceptors (Lipinski definition) is 0. The lowest BCUT2D eigenvalue weighted by Crippen LogP contribution is -2.08. The van der Waals surface area contributed by atoms with Crippen LogP contribution in [0.3, 0.4) is 0 Å². The van der Waals surface area contributed by atoms with E-state index in [-0.39, 0.29) is 1.43 Å². The minimum absolute atomic E-state index is 0. The molecule has 0 aliphatic heterocycles. The lowest BCUT2D eigenvalue weighted by atomic mass is 9.82. The molecule has 0 N–H and O–H groups in total. The Morgan fingerprint density at radius 2 is 2.00 bits per heavy atom. The average molecular weight is 246 g/mol. The van der Waals surface area contributed by atoms with Crippen molar-refractivity contribution in [2.24, 2.45) is 5.92 Å². The van der Waals surface area contributed by atoms with E-state index in [4.69, 9.17) is 0 Å². The quantitative estimate of drug-likeness (QED) is 0.548. The second kappa shape index (κ2) is 7.41. The summed E-state index contributed by atoms with van der Waals surface area (Å²) in [5, 5.41) is 0. The van der Waals surface area contributed by atoms with Crippen LogP contribution in [0.15, 0.2) is 30.4 Å². The van der Waals surface area contributed by atoms with E-state index in [1.54, 1.807) is 5.56 Å². The van der Waals surface area contributed by atoms with E-state index in [0.717, 1.165) is 12.3 Å². The molecule has 0 saturated heterocycles. The van der Waals surface area contributed by atoms with Crippen LogP contribution in [0.1, 0.15) is 64.6 Å². The Morgan fingerprint density at radius 1 is 1.28 bits per heavy atom. The zero-order valence-electron chi connectivity index (χ0n) is 12.7. The lowest BCUT2D eigenvalue weighted by molar-refractivity contribution is 0.483. The standard InChI is InChI=1S/C18H28.H2/c1-6-8-9-11-16-12-10-13-18(15(16)5)17(7-2)14(3)4;/h6,8,10,12-14,17H,7,9,11H2,1-5H3;1H/b8-6-;. The van der Waals surface area contributed by atoms with Gasteiger partial charge in [-0.15, -0.1) is 0 Å². The second-order valence-electron chi connectivity index (χ2n) is 5.50. The molecule has 1 unspecified atom stereocenters. The van der Waals surface area contributed by atoms with Gasteiger partial charge < -0.3 is 0 Å². The van der Waals surface area contributed by atoms with Crippen LogP contribution in [0.4, 0.5) is 0 Å². The first-order valence-electron chi connectivity index (χ1n) is 7.31. The molecule has 1 rings (SSSR count). The first kappa shape index (κ1) is 15.0. The molecule has 0 amide bonds. The minimum Gasteiger partial charge on any atom is -0.0917 e. The predicted octanol–water partition coefficient (Wildman–Crippen LogP) is 5.90. The molecule has 0 nitrogen and oxygen atoms in total. The van der Waals surface area contributed by atoms with Gasteiger partial charge in [0, 0.05) is 1.43 Å². The summed E-state index contributed by atoms with van der Waals surface area (Å²) in [5.41, 5.74) is 4.60. The normalized spacial score (nSPS) is 13.4. The molecule has 1 aromatic carbocycles. The van der Waals surface area contributed by atoms with Crippen molar-refractivity contribution in [3.05, 3.63) is 47.0 Å². The van der Waals surface area contributed by atoms with Crippen LogP contribution in [0.5, 0.6) is 0 Å². The third kappa shape index (κ3) is 3.73. The molecule has 1 aromatic rings. The fourth-order valence-electron chi connectivity index (χ4n) is 2.83. The summed E-state index contributed by atoms with van der Waals surface area (Å²) in [5.74, 6) is 1.42. The number of rotatable bonds is 6. The van der Waals surface area contributed by atoms with Crippen LogP contribution in [0.25, 0.3) is 0 Å². The summed E-state index contributed by atoms with van der Waals surface area (Å²) >= 11 is 0. The van der Waals surface area contributed by atoms with Gasteiger partial charge >= 0.3 is 0 Å². The molecule has 0 saturated carbocycles. The molecule has 102 valence electrons. The minimum atomic E-state index is 0. The highest BCUT2D eigenvalue weighted by Gasteiger charge is 2.16. The van der Waals surface area contributed by atoms with Gasteiger partial charge in [0.15, 0.2) is 0 Å². The Bertz CT molecular complexity index is 391. The van der Waals surface area contributed by atoms with Gasteiger partial charge in [-0.2, -0.15) is 0 Å². The molecule has 0 spiro atoms. The van der Waals surface area contributed by atoms with Gasteiger partial charge in [-0.3, -0.25) is 0 Å². The van der Waals surface area contributed by atoms with Crippen LogP contribution in [-0.2, 0) is 6.42 Å². The van der Waals surface area contributed by atoms with Crippen LogP contribution < -0.4 is 0 Å². The van der Waals surface area contributed by atoms with Crippen molar-refractivity contribution in [1.82, 2.24) is 0 Å². The maximum absolute atomic E-state index is 2.33. The fourth-order valence-corrected chi connectivity index (χ4v) is 2.83. The van der Waals surface area contributed by atoms with Crippen molar-refractivity contribution in [3.8, 4) is 0 Å². The Labute approximate surface area is 115 Å². The van der Waals surface area contributed by atoms with Gasteiger partial charge in [0.2, 0.25) is 0 Å². The van der Waals surface area contributed by atoms with Crippen molar-refractivity contribution in [2.45, 2.75) is 59.8 Å². The van der Waals surface area contributed by atoms with Crippen LogP contribution >= 0.6 is 0 Å². The first-order chi connectivity index (χ1) is 8.61. The highest BCUT2D eigenvalue weighted by atomic mass is 14.2. The molecule has 0 heteroatoms. The maximum atomic E-state index is 2.33. The number of aryl methyl sites for hydroxylation is 1. The van der Waals surface area contributed by atoms with E-state index in [0.29, 0.717) is 5.92 Å². The van der Waals surface area contributed by atoms with E-state index in [2.05, 4.69) is 65.0 Å². The molecule has 0 aliphatic rings. The smallest absolute Gasteiger partial charge is 0 e. The number of allylic oxidation sites excluding steroid dienone is 2. The van der Waals surface area contributed by atoms with E-state index in [1.165, 1.54) is 24.0 Å². The summed E-state index contributed by atoms with van der Waals surface area (Å²) in [7, 11) is 0. The zero-order chi connectivity index (χ0) is 13.5. The number of hydrogen-bond donors (Lipinski definition) is 0. The van der Waals surface area contributed by atoms with Gasteiger partial charge in [0.1, 0.15) is 0 Å². The van der Waals surface area contributed by atoms with Gasteiger partial charge in [-0.25, -0.2) is 0 Å². The first-order valence-corrected chi connectivity index (χ1v) is 7.31. The van der Waals surface area contributed by atoms with Gasteiger partial charge in [-0.05, 0) is 61.6 Å². The van der Waals surface area contributed by atoms with E-state index >= 15 is 0 Å². The third-order valence-electron chi connectivity index (χ3n) is 3.95. The second-order valence-corrected chi connectivity index (χ2v) is 5.50. The monoisotopic (exact) mass is 246 g/mol. The molecule has 18 heavy (non-hydrogen) atoms. The number of benzene rings is 1. The highest BCUT2D eigenvalue weighted by Crippen LogP contribution is 2.31. The van der Waals surface area contributed by atoms with Crippen LogP contribution in [-0.4, -0.2) is 0 Å². The van der Waals surface area contributed by atoms with Crippen molar-refractivity contribution >= 4 is 0 Å². The van der Waals surface area contributed by atoms with Gasteiger partial charge in [0.05, 0.1) is 0 Å². The summed E-state index contributed by atoms with van der Waals surface area (Å²) in [6, 6.07) is 6.84. The Hall–Kier alpha value is -1.04. The molecule has 0 radical (unpaired) electrons. The molecule has 0 bridgehead atoms. The van der Waals surface area contributed by atoms with E-state index in [1.807, 2.05) is 0 Å². The van der Waals surface area contributed by atoms with Crippen molar-refractivity contribution < 1.29 is 1.43 Å². The third-order valence-corrected chi connectivity index (χ3v) is 3.95. The van der Waals surface area contributed by atoms with Crippen molar-refractivity contribution in [1.29, 1.82) is 0 Å². The Morgan fingerprint density at radius 3 is 2.56 bits per heavy atom. The molecule has 1 atom stereocenters. The van der Waals surface area contributed by atoms with Crippen LogP contribution in [0.2, 0.25) is 0 Å². The molecule has 0 aliphatic carbocycles. The van der Waals surface area contributed by atoms with Gasteiger partial charge in [-0.1, -0.05) is 51.1 Å². The Kier molecular flexibility index (Phi) is 6.18. The molecular weight excluding hydrogens is 216 g/mol. The molecule has 0 aromatic heterocycles. The average Bonchev–Trinajstić information content (AvgIpc) is 2.34. The van der Waals surface area contributed by atoms with E-state index in [9.17, 15) is 0 Å². The Balaban J connectivity index is 0.00000324. The SMILES string of the molecule is C/C=C\CCc1cccc(C(CC)C(C)C)c1C.[HH]. The highest BCUT2D eigenvalue weighted by molar-refractivity contribution is 5.37. The van der Waals surface area contributed by atoms with Crippen molar-refractivity contribution in [3.63, 3.8) is 0 Å². The topological polar surface area (TPSA) is 0 Å². The molecule has 0 fully saturated rings. The van der Waals surface area contributed by atoms with Crippen LogP contribution in [0, 0.1) is 12.8 Å². The molecule has 0 heterocycles. The summed E-state index contributed by atoms with van der Waals surface area (Å²) in [6.45, 7) is 11.4. The van der Waals surface area contributed by atoms with Crippen molar-refractivity contribution in [2.75, 3.05) is 0 Å². The zero-order valence-corrected chi connectivity index (χ0v) is 12.7. The largest absolute Gasteiger partial charge is 0.0917 e. The van der Waals surface area contributed by atoms with Gasteiger partial charge in [0.25, 0.3) is 0 Å². The fraction of sp³-hybridized carbons (Fsp3) is 0.556.